The Morgan fingerprint density at radius 3 is 2.45 bits per heavy atom. The SMILES string of the molecule is Nc1cc(Oc2ccc(NC(=O)Nc3cc(CN4CCC4)cc(C(F)(F)F)c3)cc2)[nH+]cn1. The lowest BCUT2D eigenvalue weighted by molar-refractivity contribution is -0.395. The zero-order chi connectivity index (χ0) is 23.4. The fraction of sp³-hybridized carbons (Fsp3) is 0.227. The van der Waals surface area contributed by atoms with Gasteiger partial charge in [0.2, 0.25) is 5.82 Å². The summed E-state index contributed by atoms with van der Waals surface area (Å²) in [6.07, 6.45) is -2.08. The number of ether oxygens (including phenoxy) is 1. The van der Waals surface area contributed by atoms with E-state index in [1.165, 1.54) is 12.4 Å². The van der Waals surface area contributed by atoms with Crippen LogP contribution in [0.1, 0.15) is 17.5 Å². The van der Waals surface area contributed by atoms with Crippen LogP contribution in [0.15, 0.2) is 54.9 Å². The van der Waals surface area contributed by atoms with Gasteiger partial charge in [-0.25, -0.2) is 9.78 Å². The van der Waals surface area contributed by atoms with E-state index in [-0.39, 0.29) is 5.69 Å². The molecule has 11 heteroatoms. The summed E-state index contributed by atoms with van der Waals surface area (Å²) in [5.74, 6) is 1.16. The molecule has 4 rings (SSSR count). The average molecular weight is 459 g/mol. The molecule has 0 aliphatic carbocycles. The monoisotopic (exact) mass is 459 g/mol. The molecule has 1 aliphatic rings. The summed E-state index contributed by atoms with van der Waals surface area (Å²) in [5.41, 5.74) is 5.80. The molecule has 0 spiro atoms. The number of anilines is 3. The van der Waals surface area contributed by atoms with Crippen molar-refractivity contribution >= 4 is 23.2 Å². The molecule has 1 aliphatic heterocycles. The molecule has 1 aromatic heterocycles. The highest BCUT2D eigenvalue weighted by Crippen LogP contribution is 2.32. The number of aromatic nitrogens is 2. The first-order chi connectivity index (χ1) is 15.7. The number of benzene rings is 2. The van der Waals surface area contributed by atoms with Crippen molar-refractivity contribution < 1.29 is 27.7 Å². The number of hydrogen-bond acceptors (Lipinski definition) is 5. The molecule has 2 aromatic carbocycles. The van der Waals surface area contributed by atoms with Gasteiger partial charge >= 0.3 is 12.2 Å². The Labute approximate surface area is 187 Å². The number of aromatic amines is 1. The van der Waals surface area contributed by atoms with Gasteiger partial charge in [-0.1, -0.05) is 0 Å². The smallest absolute Gasteiger partial charge is 0.416 e. The molecule has 3 aromatic rings. The molecule has 1 saturated heterocycles. The Hall–Kier alpha value is -3.86. The third-order valence-electron chi connectivity index (χ3n) is 4.97. The maximum atomic E-state index is 13.3. The fourth-order valence-electron chi connectivity index (χ4n) is 3.29. The standard InChI is InChI=1S/C22H21F3N6O2/c23-22(24,25)15-8-14(12-31-6-1-7-31)9-17(10-15)30-21(32)29-16-2-4-18(5-3-16)33-20-11-19(26)27-13-28-20/h2-5,8-11,13H,1,6-7,12H2,(H2,26,27,28)(H2,29,30,32)/p+1. The second-order valence-electron chi connectivity index (χ2n) is 7.59. The highest BCUT2D eigenvalue weighted by atomic mass is 19.4. The lowest BCUT2D eigenvalue weighted by Crippen LogP contribution is -2.36. The molecule has 8 nitrogen and oxygen atoms in total. The van der Waals surface area contributed by atoms with Gasteiger partial charge in [-0.15, -0.1) is 0 Å². The predicted octanol–water partition coefficient (Wildman–Crippen LogP) is 4.14. The van der Waals surface area contributed by atoms with Crippen LogP contribution in [0.25, 0.3) is 0 Å². The first kappa shape index (κ1) is 22.3. The van der Waals surface area contributed by atoms with Crippen molar-refractivity contribution in [1.82, 2.24) is 9.88 Å². The minimum Gasteiger partial charge on any atom is -0.423 e. The number of urea groups is 1. The van der Waals surface area contributed by atoms with Gasteiger partial charge in [-0.2, -0.15) is 13.2 Å². The fourth-order valence-corrected chi connectivity index (χ4v) is 3.29. The second-order valence-corrected chi connectivity index (χ2v) is 7.59. The van der Waals surface area contributed by atoms with E-state index in [4.69, 9.17) is 10.5 Å². The van der Waals surface area contributed by atoms with Crippen LogP contribution in [0.4, 0.5) is 35.2 Å². The number of alkyl halides is 3. The van der Waals surface area contributed by atoms with E-state index in [0.29, 0.717) is 35.2 Å². The third-order valence-corrected chi connectivity index (χ3v) is 4.97. The zero-order valence-electron chi connectivity index (χ0n) is 17.4. The van der Waals surface area contributed by atoms with Crippen molar-refractivity contribution in [2.75, 3.05) is 29.5 Å². The first-order valence-electron chi connectivity index (χ1n) is 10.2. The van der Waals surface area contributed by atoms with Crippen LogP contribution in [-0.2, 0) is 12.7 Å². The summed E-state index contributed by atoms with van der Waals surface area (Å²) >= 11 is 0. The predicted molar refractivity (Wildman–Crippen MR) is 116 cm³/mol. The van der Waals surface area contributed by atoms with Crippen LogP contribution < -0.4 is 26.1 Å². The lowest BCUT2D eigenvalue weighted by Gasteiger charge is -2.31. The second kappa shape index (κ2) is 9.33. The summed E-state index contributed by atoms with van der Waals surface area (Å²) < 4.78 is 45.5. The van der Waals surface area contributed by atoms with Crippen molar-refractivity contribution in [3.05, 3.63) is 66.0 Å². The van der Waals surface area contributed by atoms with Gasteiger partial charge in [0, 0.05) is 17.9 Å². The molecule has 5 N–H and O–H groups in total. The zero-order valence-corrected chi connectivity index (χ0v) is 17.4. The number of carbonyl (C=O) groups excluding carboxylic acids is 1. The lowest BCUT2D eigenvalue weighted by atomic mass is 10.1. The maximum Gasteiger partial charge on any atom is 0.416 e. The quantitative estimate of drug-likeness (QED) is 0.514. The Balaban J connectivity index is 1.41. The third kappa shape index (κ3) is 6.10. The van der Waals surface area contributed by atoms with Crippen molar-refractivity contribution in [2.24, 2.45) is 0 Å². The van der Waals surface area contributed by atoms with E-state index in [1.54, 1.807) is 30.3 Å². The number of carbonyl (C=O) groups is 1. The van der Waals surface area contributed by atoms with Crippen LogP contribution in [0, 0.1) is 0 Å². The van der Waals surface area contributed by atoms with Gasteiger partial charge in [0.25, 0.3) is 12.2 Å². The number of likely N-dealkylation sites (tertiary alicyclic amines) is 1. The average Bonchev–Trinajstić information content (AvgIpc) is 2.71. The van der Waals surface area contributed by atoms with Crippen LogP contribution >= 0.6 is 0 Å². The number of amides is 2. The molecule has 0 saturated carbocycles. The van der Waals surface area contributed by atoms with E-state index >= 15 is 0 Å². The van der Waals surface area contributed by atoms with Crippen LogP contribution in [0.3, 0.4) is 0 Å². The van der Waals surface area contributed by atoms with Gasteiger partial charge in [0.05, 0.1) is 11.6 Å². The maximum absolute atomic E-state index is 13.3. The number of hydrogen-bond donors (Lipinski definition) is 3. The molecule has 0 bridgehead atoms. The van der Waals surface area contributed by atoms with Crippen LogP contribution in [0.2, 0.25) is 0 Å². The highest BCUT2D eigenvalue weighted by Gasteiger charge is 2.31. The largest absolute Gasteiger partial charge is 0.423 e. The van der Waals surface area contributed by atoms with Crippen molar-refractivity contribution in [3.8, 4) is 11.6 Å². The van der Waals surface area contributed by atoms with Crippen LogP contribution in [-0.4, -0.2) is 29.0 Å². The highest BCUT2D eigenvalue weighted by molar-refractivity contribution is 5.99. The molecule has 0 atom stereocenters. The van der Waals surface area contributed by atoms with Gasteiger partial charge in [-0.3, -0.25) is 4.90 Å². The molecule has 2 amide bonds. The van der Waals surface area contributed by atoms with E-state index in [0.717, 1.165) is 31.6 Å². The summed E-state index contributed by atoms with van der Waals surface area (Å²) in [6.45, 7) is 2.11. The van der Waals surface area contributed by atoms with E-state index < -0.39 is 17.8 Å². The molecule has 172 valence electrons. The van der Waals surface area contributed by atoms with E-state index in [2.05, 4.69) is 20.6 Å². The number of nitrogens with zero attached hydrogens (tertiary/aromatic N) is 2. The molecule has 0 unspecified atom stereocenters. The van der Waals surface area contributed by atoms with Crippen molar-refractivity contribution in [3.63, 3.8) is 0 Å². The number of H-pyrrole nitrogens is 1. The molecule has 0 radical (unpaired) electrons. The molecule has 33 heavy (non-hydrogen) atoms. The van der Waals surface area contributed by atoms with Gasteiger partial charge < -0.3 is 21.1 Å². The summed E-state index contributed by atoms with van der Waals surface area (Å²) in [5, 5.41) is 5.08. The minimum absolute atomic E-state index is 0.0728. The van der Waals surface area contributed by atoms with Crippen LogP contribution in [0.5, 0.6) is 11.6 Å². The number of nitrogens with one attached hydrogen (secondary N) is 3. The number of nitrogens with two attached hydrogens (primary N) is 1. The Kier molecular flexibility index (Phi) is 6.31. The minimum atomic E-state index is -4.51. The van der Waals surface area contributed by atoms with E-state index in [9.17, 15) is 18.0 Å². The first-order valence-corrected chi connectivity index (χ1v) is 10.2. The summed E-state index contributed by atoms with van der Waals surface area (Å²) in [6, 6.07) is 10.9. The molecule has 2 heterocycles. The topological polar surface area (TPSA) is 107 Å². The number of halogens is 3. The van der Waals surface area contributed by atoms with E-state index in [1.807, 2.05) is 4.90 Å². The Morgan fingerprint density at radius 2 is 1.82 bits per heavy atom. The van der Waals surface area contributed by atoms with Gasteiger partial charge in [0.15, 0.2) is 0 Å². The summed E-state index contributed by atoms with van der Waals surface area (Å²) in [7, 11) is 0. The Morgan fingerprint density at radius 1 is 1.09 bits per heavy atom. The van der Waals surface area contributed by atoms with Gasteiger partial charge in [-0.05, 0) is 72.5 Å². The molecule has 1 fully saturated rings. The van der Waals surface area contributed by atoms with Crippen molar-refractivity contribution in [1.29, 1.82) is 0 Å². The van der Waals surface area contributed by atoms with Crippen molar-refractivity contribution in [2.45, 2.75) is 19.1 Å². The van der Waals surface area contributed by atoms with Gasteiger partial charge in [0.1, 0.15) is 5.75 Å². The normalized spacial score (nSPS) is 13.8. The Bertz CT molecular complexity index is 1130. The number of rotatable bonds is 6. The molecular formula is C22H22F3N6O2+. The summed E-state index contributed by atoms with van der Waals surface area (Å²) in [4.78, 5) is 21.1. The number of nitrogen functional groups attached to an aromatic ring is 1. The molecular weight excluding hydrogens is 437 g/mol.